The lowest BCUT2D eigenvalue weighted by Crippen LogP contribution is -2.26. The smallest absolute Gasteiger partial charge is 0.263 e. The van der Waals surface area contributed by atoms with E-state index in [0.717, 1.165) is 30.8 Å². The Kier molecular flexibility index (Phi) is 6.99. The van der Waals surface area contributed by atoms with Crippen LogP contribution in [0.25, 0.3) is 0 Å². The highest BCUT2D eigenvalue weighted by Gasteiger charge is 2.18. The number of anilines is 2. The van der Waals surface area contributed by atoms with Crippen molar-refractivity contribution < 1.29 is 9.90 Å². The van der Waals surface area contributed by atoms with Gasteiger partial charge in [0.1, 0.15) is 5.56 Å². The van der Waals surface area contributed by atoms with Crippen LogP contribution in [0, 0.1) is 0 Å². The number of aromatic amines is 1. The van der Waals surface area contributed by atoms with Gasteiger partial charge in [-0.2, -0.15) is 0 Å². The zero-order chi connectivity index (χ0) is 22.3. The van der Waals surface area contributed by atoms with Crippen molar-refractivity contribution in [2.75, 3.05) is 30.3 Å². The van der Waals surface area contributed by atoms with Crippen LogP contribution in [-0.4, -0.2) is 40.5 Å². The van der Waals surface area contributed by atoms with Crippen LogP contribution >= 0.6 is 0 Å². The number of nitrogens with zero attached hydrogens (tertiary/aromatic N) is 1. The monoisotopic (exact) mass is 432 g/mol. The molecular weight excluding hydrogens is 404 g/mol. The number of hydrogen-bond donors (Lipinski definition) is 4. The fraction of sp³-hybridized carbons (Fsp3) is 0.280. The Hall–Kier alpha value is -3.42. The minimum Gasteiger partial charge on any atom is -0.387 e. The molecule has 1 fully saturated rings. The second kappa shape index (κ2) is 10.3. The number of amides is 1. The standard InChI is InChI=1S/C25H28N4O3/c30-22(19-8-2-1-3-9-19)16-27-21-11-12-26-24(31)23(21)25(32)28-20-10-6-7-18(15-20)17-29-13-4-5-14-29/h1-3,6-12,15,22,30H,4-5,13-14,16-17H2,(H,28,32)(H2,26,27,31)/t22-/m1/s1. The van der Waals surface area contributed by atoms with Gasteiger partial charge in [0, 0.05) is 25.0 Å². The van der Waals surface area contributed by atoms with Gasteiger partial charge in [-0.3, -0.25) is 14.5 Å². The van der Waals surface area contributed by atoms with E-state index in [-0.39, 0.29) is 12.1 Å². The van der Waals surface area contributed by atoms with E-state index in [0.29, 0.717) is 11.4 Å². The highest BCUT2D eigenvalue weighted by molar-refractivity contribution is 6.07. The predicted octanol–water partition coefficient (Wildman–Crippen LogP) is 3.37. The van der Waals surface area contributed by atoms with Gasteiger partial charge in [-0.15, -0.1) is 0 Å². The molecule has 2 aromatic carbocycles. The van der Waals surface area contributed by atoms with Gasteiger partial charge in [0.15, 0.2) is 0 Å². The second-order valence-corrected chi connectivity index (χ2v) is 8.04. The number of likely N-dealkylation sites (tertiary alicyclic amines) is 1. The summed E-state index contributed by atoms with van der Waals surface area (Å²) in [5.41, 5.74) is 2.38. The van der Waals surface area contributed by atoms with E-state index in [4.69, 9.17) is 0 Å². The van der Waals surface area contributed by atoms with Gasteiger partial charge in [-0.1, -0.05) is 42.5 Å². The molecule has 7 nitrogen and oxygen atoms in total. The summed E-state index contributed by atoms with van der Waals surface area (Å²) in [7, 11) is 0. The molecule has 4 rings (SSSR count). The Balaban J connectivity index is 1.46. The number of benzene rings is 2. The summed E-state index contributed by atoms with van der Waals surface area (Å²) in [5.74, 6) is -0.498. The molecule has 32 heavy (non-hydrogen) atoms. The Morgan fingerprint density at radius 3 is 2.62 bits per heavy atom. The van der Waals surface area contributed by atoms with Gasteiger partial charge in [-0.25, -0.2) is 0 Å². The fourth-order valence-electron chi connectivity index (χ4n) is 3.99. The lowest BCUT2D eigenvalue weighted by molar-refractivity contribution is 0.102. The number of hydrogen-bond acceptors (Lipinski definition) is 5. The lowest BCUT2D eigenvalue weighted by atomic mass is 10.1. The zero-order valence-corrected chi connectivity index (χ0v) is 17.9. The fourth-order valence-corrected chi connectivity index (χ4v) is 3.99. The highest BCUT2D eigenvalue weighted by Crippen LogP contribution is 2.19. The van der Waals surface area contributed by atoms with E-state index in [1.165, 1.54) is 19.0 Å². The molecule has 0 spiro atoms. The van der Waals surface area contributed by atoms with Crippen molar-refractivity contribution in [1.29, 1.82) is 0 Å². The van der Waals surface area contributed by atoms with E-state index in [9.17, 15) is 14.7 Å². The predicted molar refractivity (Wildman–Crippen MR) is 126 cm³/mol. The number of carbonyl (C=O) groups excluding carboxylic acids is 1. The van der Waals surface area contributed by atoms with Gasteiger partial charge in [0.25, 0.3) is 11.5 Å². The third-order valence-corrected chi connectivity index (χ3v) is 5.65. The van der Waals surface area contributed by atoms with Crippen molar-refractivity contribution in [3.05, 3.63) is 93.9 Å². The Labute approximate surface area is 187 Å². The first-order valence-electron chi connectivity index (χ1n) is 10.9. The van der Waals surface area contributed by atoms with Crippen molar-refractivity contribution in [3.8, 4) is 0 Å². The maximum Gasteiger partial charge on any atom is 0.263 e. The molecule has 0 radical (unpaired) electrons. The van der Waals surface area contributed by atoms with E-state index in [2.05, 4.69) is 20.5 Å². The Morgan fingerprint density at radius 2 is 1.84 bits per heavy atom. The molecule has 3 aromatic rings. The molecule has 1 atom stereocenters. The average Bonchev–Trinajstić information content (AvgIpc) is 3.31. The van der Waals surface area contributed by atoms with E-state index >= 15 is 0 Å². The van der Waals surface area contributed by atoms with Crippen LogP contribution in [0.3, 0.4) is 0 Å². The molecule has 1 aliphatic rings. The number of carbonyl (C=O) groups is 1. The number of pyridine rings is 1. The number of rotatable bonds is 8. The highest BCUT2D eigenvalue weighted by atomic mass is 16.3. The molecule has 1 aromatic heterocycles. The molecule has 7 heteroatoms. The first-order chi connectivity index (χ1) is 15.6. The molecule has 1 aliphatic heterocycles. The molecule has 1 saturated heterocycles. The normalized spacial score (nSPS) is 14.8. The molecule has 166 valence electrons. The summed E-state index contributed by atoms with van der Waals surface area (Å²) in [5, 5.41) is 16.3. The topological polar surface area (TPSA) is 97.5 Å². The van der Waals surface area contributed by atoms with E-state index in [1.807, 2.05) is 54.6 Å². The van der Waals surface area contributed by atoms with Gasteiger partial charge >= 0.3 is 0 Å². The summed E-state index contributed by atoms with van der Waals surface area (Å²) in [4.78, 5) is 30.4. The van der Waals surface area contributed by atoms with Crippen molar-refractivity contribution in [2.24, 2.45) is 0 Å². The van der Waals surface area contributed by atoms with Gasteiger partial charge < -0.3 is 20.7 Å². The maximum atomic E-state index is 13.0. The first kappa shape index (κ1) is 21.8. The van der Waals surface area contributed by atoms with Crippen molar-refractivity contribution in [1.82, 2.24) is 9.88 Å². The van der Waals surface area contributed by atoms with Crippen LogP contribution in [-0.2, 0) is 6.54 Å². The van der Waals surface area contributed by atoms with Crippen LogP contribution in [0.15, 0.2) is 71.7 Å². The van der Waals surface area contributed by atoms with E-state index < -0.39 is 17.6 Å². The van der Waals surface area contributed by atoms with Crippen LogP contribution in [0.2, 0.25) is 0 Å². The Morgan fingerprint density at radius 1 is 1.06 bits per heavy atom. The SMILES string of the molecule is O=C(Nc1cccc(CN2CCCC2)c1)c1c(NC[C@@H](O)c2ccccc2)cc[nH]c1=O. The average molecular weight is 433 g/mol. The number of nitrogens with one attached hydrogen (secondary N) is 3. The van der Waals surface area contributed by atoms with Crippen molar-refractivity contribution in [3.63, 3.8) is 0 Å². The van der Waals surface area contributed by atoms with Gasteiger partial charge in [0.05, 0.1) is 11.8 Å². The molecule has 0 aliphatic carbocycles. The maximum absolute atomic E-state index is 13.0. The number of aliphatic hydroxyl groups excluding tert-OH is 1. The minimum absolute atomic E-state index is 0.0160. The molecule has 4 N–H and O–H groups in total. The molecule has 1 amide bonds. The summed E-state index contributed by atoms with van der Waals surface area (Å²) >= 11 is 0. The quantitative estimate of drug-likeness (QED) is 0.438. The number of aliphatic hydroxyl groups is 1. The van der Waals surface area contributed by atoms with Gasteiger partial charge in [-0.05, 0) is 55.3 Å². The first-order valence-corrected chi connectivity index (χ1v) is 10.9. The largest absolute Gasteiger partial charge is 0.387 e. The zero-order valence-electron chi connectivity index (χ0n) is 17.9. The summed E-state index contributed by atoms with van der Waals surface area (Å²) < 4.78 is 0. The van der Waals surface area contributed by atoms with Crippen molar-refractivity contribution in [2.45, 2.75) is 25.5 Å². The third-order valence-electron chi connectivity index (χ3n) is 5.65. The van der Waals surface area contributed by atoms with E-state index in [1.54, 1.807) is 6.07 Å². The molecular formula is C25H28N4O3. The van der Waals surface area contributed by atoms with Crippen LogP contribution in [0.4, 0.5) is 11.4 Å². The molecule has 0 bridgehead atoms. The molecule has 2 heterocycles. The van der Waals surface area contributed by atoms with Crippen molar-refractivity contribution >= 4 is 17.3 Å². The molecule has 0 saturated carbocycles. The second-order valence-electron chi connectivity index (χ2n) is 8.04. The third kappa shape index (κ3) is 5.43. The Bertz CT molecular complexity index is 1110. The number of H-pyrrole nitrogens is 1. The van der Waals surface area contributed by atoms with Crippen LogP contribution in [0.1, 0.15) is 40.4 Å². The van der Waals surface area contributed by atoms with Crippen LogP contribution < -0.4 is 16.2 Å². The lowest BCUT2D eigenvalue weighted by Gasteiger charge is -2.16. The minimum atomic E-state index is -0.770. The van der Waals surface area contributed by atoms with Gasteiger partial charge in [0.2, 0.25) is 0 Å². The number of aromatic nitrogens is 1. The molecule has 0 unspecified atom stereocenters. The summed E-state index contributed by atoms with van der Waals surface area (Å²) in [6.07, 6.45) is 3.16. The van der Waals surface area contributed by atoms with Crippen LogP contribution in [0.5, 0.6) is 0 Å². The summed E-state index contributed by atoms with van der Waals surface area (Å²) in [6, 6.07) is 18.6. The summed E-state index contributed by atoms with van der Waals surface area (Å²) in [6.45, 7) is 3.21.